The van der Waals surface area contributed by atoms with Gasteiger partial charge in [-0.3, -0.25) is 4.98 Å². The highest BCUT2D eigenvalue weighted by Crippen LogP contribution is 2.19. The van der Waals surface area contributed by atoms with Gasteiger partial charge in [0, 0.05) is 23.7 Å². The molecule has 0 saturated carbocycles. The molecule has 3 nitrogen and oxygen atoms in total. The number of thiazole rings is 1. The van der Waals surface area contributed by atoms with Crippen LogP contribution < -0.4 is 10.1 Å². The van der Waals surface area contributed by atoms with Crippen molar-refractivity contribution in [3.05, 3.63) is 46.4 Å². The highest BCUT2D eigenvalue weighted by Gasteiger charge is 2.06. The quantitative estimate of drug-likeness (QED) is 0.872. The van der Waals surface area contributed by atoms with Gasteiger partial charge in [0.2, 0.25) is 0 Å². The van der Waals surface area contributed by atoms with Crippen LogP contribution in [0.3, 0.4) is 0 Å². The Morgan fingerprint density at radius 1 is 1.21 bits per heavy atom. The van der Waals surface area contributed by atoms with Gasteiger partial charge in [0.15, 0.2) is 0 Å². The van der Waals surface area contributed by atoms with Crippen molar-refractivity contribution in [3.8, 4) is 5.75 Å². The van der Waals surface area contributed by atoms with Crippen LogP contribution in [0.25, 0.3) is 0 Å². The molecule has 0 aliphatic carbocycles. The highest BCUT2D eigenvalue weighted by molar-refractivity contribution is 7.09. The van der Waals surface area contributed by atoms with Crippen molar-refractivity contribution in [2.24, 2.45) is 0 Å². The summed E-state index contributed by atoms with van der Waals surface area (Å²) >= 11 is 1.68. The Morgan fingerprint density at radius 3 is 2.53 bits per heavy atom. The molecule has 102 valence electrons. The number of hydrogen-bond donors (Lipinski definition) is 1. The smallest absolute Gasteiger partial charge is 0.119 e. The Hall–Kier alpha value is -1.39. The number of nitrogens with zero attached hydrogens (tertiary/aromatic N) is 1. The van der Waals surface area contributed by atoms with Crippen molar-refractivity contribution in [3.63, 3.8) is 0 Å². The van der Waals surface area contributed by atoms with Crippen LogP contribution in [-0.2, 0) is 6.54 Å². The Bertz CT molecular complexity index is 479. The summed E-state index contributed by atoms with van der Waals surface area (Å²) in [6.07, 6.45) is 2.12. The summed E-state index contributed by atoms with van der Waals surface area (Å²) < 4.78 is 5.64. The Kier molecular flexibility index (Phi) is 4.93. The van der Waals surface area contributed by atoms with Gasteiger partial charge in [-0.1, -0.05) is 12.1 Å². The Balaban J connectivity index is 1.90. The number of hydrogen-bond acceptors (Lipinski definition) is 4. The van der Waals surface area contributed by atoms with E-state index in [4.69, 9.17) is 4.74 Å². The third-order valence-electron chi connectivity index (χ3n) is 2.82. The molecule has 1 N–H and O–H groups in total. The molecule has 1 unspecified atom stereocenters. The second-order valence-electron chi connectivity index (χ2n) is 4.81. The molecule has 0 aliphatic rings. The lowest BCUT2D eigenvalue weighted by Crippen LogP contribution is -2.17. The molecule has 2 aromatic rings. The van der Waals surface area contributed by atoms with E-state index in [0.29, 0.717) is 6.04 Å². The molecule has 1 heterocycles. The predicted molar refractivity (Wildman–Crippen MR) is 79.6 cm³/mol. The molecule has 0 spiro atoms. The van der Waals surface area contributed by atoms with Gasteiger partial charge in [0.05, 0.1) is 11.6 Å². The number of ether oxygens (including phenoxy) is 1. The van der Waals surface area contributed by atoms with Gasteiger partial charge in [-0.2, -0.15) is 0 Å². The van der Waals surface area contributed by atoms with Crippen LogP contribution in [0, 0.1) is 0 Å². The highest BCUT2D eigenvalue weighted by atomic mass is 32.1. The zero-order valence-corrected chi connectivity index (χ0v) is 12.4. The molecular formula is C15H20N2OS. The topological polar surface area (TPSA) is 34.1 Å². The number of aromatic nitrogens is 1. The van der Waals surface area contributed by atoms with E-state index >= 15 is 0 Å². The first-order chi connectivity index (χ1) is 9.15. The Morgan fingerprint density at radius 2 is 1.95 bits per heavy atom. The van der Waals surface area contributed by atoms with Crippen LogP contribution in [0.15, 0.2) is 36.0 Å². The van der Waals surface area contributed by atoms with E-state index in [0.717, 1.165) is 12.3 Å². The monoisotopic (exact) mass is 276 g/mol. The first-order valence-corrected chi connectivity index (χ1v) is 7.40. The van der Waals surface area contributed by atoms with Crippen molar-refractivity contribution in [2.75, 3.05) is 0 Å². The third kappa shape index (κ3) is 4.33. The van der Waals surface area contributed by atoms with Crippen LogP contribution in [-0.4, -0.2) is 11.1 Å². The van der Waals surface area contributed by atoms with E-state index in [1.54, 1.807) is 11.3 Å². The van der Waals surface area contributed by atoms with E-state index in [9.17, 15) is 0 Å². The molecule has 1 atom stereocenters. The van der Waals surface area contributed by atoms with Crippen molar-refractivity contribution in [1.29, 1.82) is 0 Å². The lowest BCUT2D eigenvalue weighted by atomic mass is 10.1. The summed E-state index contributed by atoms with van der Waals surface area (Å²) in [6.45, 7) is 7.09. The van der Waals surface area contributed by atoms with Crippen LogP contribution in [0.4, 0.5) is 0 Å². The summed E-state index contributed by atoms with van der Waals surface area (Å²) in [5.74, 6) is 0.924. The molecule has 0 saturated heterocycles. The third-order valence-corrected chi connectivity index (χ3v) is 3.60. The van der Waals surface area contributed by atoms with Gasteiger partial charge in [0.25, 0.3) is 0 Å². The van der Waals surface area contributed by atoms with Crippen molar-refractivity contribution in [2.45, 2.75) is 39.5 Å². The zero-order chi connectivity index (χ0) is 13.7. The van der Waals surface area contributed by atoms with Crippen LogP contribution in [0.2, 0.25) is 0 Å². The van der Waals surface area contributed by atoms with Gasteiger partial charge in [-0.15, -0.1) is 11.3 Å². The Labute approximate surface area is 118 Å². The molecule has 1 aromatic carbocycles. The number of benzene rings is 1. The van der Waals surface area contributed by atoms with Gasteiger partial charge in [0.1, 0.15) is 5.75 Å². The fourth-order valence-electron chi connectivity index (χ4n) is 1.81. The number of rotatable bonds is 6. The summed E-state index contributed by atoms with van der Waals surface area (Å²) in [5.41, 5.74) is 3.13. The summed E-state index contributed by atoms with van der Waals surface area (Å²) in [7, 11) is 0. The summed E-state index contributed by atoms with van der Waals surface area (Å²) in [6, 6.07) is 8.60. The first kappa shape index (κ1) is 14.0. The molecule has 0 amide bonds. The largest absolute Gasteiger partial charge is 0.491 e. The first-order valence-electron chi connectivity index (χ1n) is 6.52. The molecule has 4 heteroatoms. The molecule has 2 rings (SSSR count). The molecule has 0 aliphatic heterocycles. The summed E-state index contributed by atoms with van der Waals surface area (Å²) in [4.78, 5) is 5.33. The summed E-state index contributed by atoms with van der Waals surface area (Å²) in [5, 5.41) is 3.49. The van der Waals surface area contributed by atoms with Crippen LogP contribution in [0.1, 0.15) is 37.3 Å². The predicted octanol–water partition coefficient (Wildman–Crippen LogP) is 3.78. The second kappa shape index (κ2) is 6.68. The van der Waals surface area contributed by atoms with Crippen molar-refractivity contribution in [1.82, 2.24) is 10.3 Å². The normalized spacial score (nSPS) is 12.6. The van der Waals surface area contributed by atoms with E-state index < -0.39 is 0 Å². The second-order valence-corrected chi connectivity index (χ2v) is 5.78. The lowest BCUT2D eigenvalue weighted by Gasteiger charge is -2.15. The fourth-order valence-corrected chi connectivity index (χ4v) is 2.35. The average Bonchev–Trinajstić information content (AvgIpc) is 2.89. The maximum atomic E-state index is 5.64. The SMILES string of the molecule is CC(C)Oc1ccc(C(C)NCc2cncs2)cc1. The minimum atomic E-state index is 0.215. The maximum absolute atomic E-state index is 5.64. The van der Waals surface area contributed by atoms with E-state index in [1.807, 2.05) is 37.7 Å². The minimum Gasteiger partial charge on any atom is -0.491 e. The zero-order valence-electron chi connectivity index (χ0n) is 11.6. The van der Waals surface area contributed by atoms with Gasteiger partial charge in [-0.25, -0.2) is 0 Å². The molecule has 0 bridgehead atoms. The molecule has 19 heavy (non-hydrogen) atoms. The molecular weight excluding hydrogens is 256 g/mol. The van der Waals surface area contributed by atoms with Gasteiger partial charge < -0.3 is 10.1 Å². The van der Waals surface area contributed by atoms with Gasteiger partial charge >= 0.3 is 0 Å². The van der Waals surface area contributed by atoms with E-state index in [-0.39, 0.29) is 6.10 Å². The van der Waals surface area contributed by atoms with Crippen LogP contribution >= 0.6 is 11.3 Å². The van der Waals surface area contributed by atoms with Gasteiger partial charge in [-0.05, 0) is 38.5 Å². The van der Waals surface area contributed by atoms with Crippen molar-refractivity contribution < 1.29 is 4.74 Å². The van der Waals surface area contributed by atoms with E-state index in [1.165, 1.54) is 10.4 Å². The van der Waals surface area contributed by atoms with Crippen molar-refractivity contribution >= 4 is 11.3 Å². The van der Waals surface area contributed by atoms with Crippen LogP contribution in [0.5, 0.6) is 5.75 Å². The maximum Gasteiger partial charge on any atom is 0.119 e. The molecule has 0 fully saturated rings. The lowest BCUT2D eigenvalue weighted by molar-refractivity contribution is 0.242. The number of nitrogens with one attached hydrogen (secondary N) is 1. The minimum absolute atomic E-state index is 0.215. The molecule has 1 aromatic heterocycles. The fraction of sp³-hybridized carbons (Fsp3) is 0.400. The van der Waals surface area contributed by atoms with E-state index in [2.05, 4.69) is 29.4 Å². The standard InChI is InChI=1S/C15H20N2OS/c1-11(2)18-14-6-4-13(5-7-14)12(3)17-9-15-8-16-10-19-15/h4-8,10-12,17H,9H2,1-3H3. The average molecular weight is 276 g/mol. The molecule has 0 radical (unpaired) electrons.